The second kappa shape index (κ2) is 9.45. The first-order valence-corrected chi connectivity index (χ1v) is 11.1. The molecular formula is C27H31N3O2. The van der Waals surface area contributed by atoms with Gasteiger partial charge in [-0.05, 0) is 48.7 Å². The monoisotopic (exact) mass is 429 g/mol. The predicted molar refractivity (Wildman–Crippen MR) is 129 cm³/mol. The summed E-state index contributed by atoms with van der Waals surface area (Å²) in [4.78, 5) is 16.3. The number of ether oxygens (including phenoxy) is 1. The quantitative estimate of drug-likeness (QED) is 0.587. The third kappa shape index (κ3) is 4.34. The van der Waals surface area contributed by atoms with Crippen molar-refractivity contribution in [2.24, 2.45) is 5.73 Å². The number of carbonyl (C=O) groups is 1. The summed E-state index contributed by atoms with van der Waals surface area (Å²) >= 11 is 0. The molecule has 1 aliphatic rings. The minimum absolute atomic E-state index is 0.136. The lowest BCUT2D eigenvalue weighted by atomic mass is 9.67. The summed E-state index contributed by atoms with van der Waals surface area (Å²) in [6.45, 7) is 2.43. The van der Waals surface area contributed by atoms with Crippen LogP contribution in [0.3, 0.4) is 0 Å². The van der Waals surface area contributed by atoms with Crippen molar-refractivity contribution in [3.8, 4) is 5.75 Å². The molecule has 166 valence electrons. The van der Waals surface area contributed by atoms with Crippen LogP contribution in [0.4, 0.5) is 10.5 Å². The zero-order valence-corrected chi connectivity index (χ0v) is 18.8. The molecule has 1 heterocycles. The van der Waals surface area contributed by atoms with E-state index in [-0.39, 0.29) is 5.41 Å². The number of fused-ring (bicyclic) bond motifs is 1. The molecule has 0 spiro atoms. The molecule has 1 atom stereocenters. The lowest BCUT2D eigenvalue weighted by molar-refractivity contribution is 0.225. The van der Waals surface area contributed by atoms with Gasteiger partial charge in [0.05, 0.1) is 7.11 Å². The van der Waals surface area contributed by atoms with Gasteiger partial charge in [0, 0.05) is 36.8 Å². The Morgan fingerprint density at radius 1 is 1.06 bits per heavy atom. The number of nitrogens with zero attached hydrogens (tertiary/aromatic N) is 2. The summed E-state index contributed by atoms with van der Waals surface area (Å²) in [6, 6.07) is 26.5. The van der Waals surface area contributed by atoms with Crippen molar-refractivity contribution in [3.63, 3.8) is 0 Å². The highest BCUT2D eigenvalue weighted by Gasteiger charge is 2.39. The van der Waals surface area contributed by atoms with Crippen LogP contribution in [0.15, 0.2) is 78.9 Å². The van der Waals surface area contributed by atoms with Gasteiger partial charge in [-0.1, -0.05) is 60.7 Å². The number of nitrogens with two attached hydrogens (primary N) is 1. The molecule has 0 fully saturated rings. The topological polar surface area (TPSA) is 58.8 Å². The molecule has 0 bridgehead atoms. The van der Waals surface area contributed by atoms with Crippen LogP contribution >= 0.6 is 0 Å². The largest absolute Gasteiger partial charge is 0.497 e. The molecule has 32 heavy (non-hydrogen) atoms. The van der Waals surface area contributed by atoms with Crippen LogP contribution < -0.4 is 15.4 Å². The van der Waals surface area contributed by atoms with E-state index in [1.807, 2.05) is 24.3 Å². The van der Waals surface area contributed by atoms with Gasteiger partial charge in [0.2, 0.25) is 0 Å². The van der Waals surface area contributed by atoms with Crippen LogP contribution in [0.25, 0.3) is 0 Å². The smallest absolute Gasteiger partial charge is 0.319 e. The van der Waals surface area contributed by atoms with E-state index in [1.165, 1.54) is 16.7 Å². The van der Waals surface area contributed by atoms with Crippen molar-refractivity contribution in [2.75, 3.05) is 32.1 Å². The summed E-state index contributed by atoms with van der Waals surface area (Å²) in [7, 11) is 3.80. The van der Waals surface area contributed by atoms with E-state index >= 15 is 0 Å². The Hall–Kier alpha value is -3.31. The molecule has 0 saturated heterocycles. The van der Waals surface area contributed by atoms with E-state index in [0.717, 1.165) is 31.6 Å². The zero-order chi connectivity index (χ0) is 22.6. The van der Waals surface area contributed by atoms with Crippen molar-refractivity contribution in [1.29, 1.82) is 0 Å². The van der Waals surface area contributed by atoms with Gasteiger partial charge in [-0.15, -0.1) is 0 Å². The van der Waals surface area contributed by atoms with Crippen molar-refractivity contribution in [2.45, 2.75) is 24.8 Å². The van der Waals surface area contributed by atoms with Gasteiger partial charge in [0.1, 0.15) is 5.75 Å². The molecule has 1 unspecified atom stereocenters. The molecule has 1 aliphatic heterocycles. The van der Waals surface area contributed by atoms with E-state index in [4.69, 9.17) is 10.5 Å². The van der Waals surface area contributed by atoms with Gasteiger partial charge < -0.3 is 15.4 Å². The minimum atomic E-state index is -0.451. The number of amides is 2. The average Bonchev–Trinajstić information content (AvgIpc) is 2.82. The van der Waals surface area contributed by atoms with Gasteiger partial charge in [0.15, 0.2) is 0 Å². The fraction of sp³-hybridized carbons (Fsp3) is 0.296. The molecule has 0 radical (unpaired) electrons. The summed E-state index contributed by atoms with van der Waals surface area (Å²) in [5.41, 5.74) is 10.4. The summed E-state index contributed by atoms with van der Waals surface area (Å²) < 4.78 is 5.32. The highest BCUT2D eigenvalue weighted by atomic mass is 16.5. The van der Waals surface area contributed by atoms with Crippen LogP contribution in [0.1, 0.15) is 29.5 Å². The molecule has 3 aromatic rings. The fourth-order valence-corrected chi connectivity index (χ4v) is 5.06. The average molecular weight is 430 g/mol. The maximum Gasteiger partial charge on any atom is 0.319 e. The number of carbonyl (C=O) groups excluding carboxylic acids is 1. The third-order valence-corrected chi connectivity index (χ3v) is 6.46. The number of hydrogen-bond acceptors (Lipinski definition) is 3. The standard InChI is InChI=1S/C27H31N3O2/c1-29-19-21-10-6-7-15-25(21)27(20-29,22-11-4-3-5-12-22)16-9-17-30(26(28)31)23-13-8-14-24(18-23)32-2/h3-8,10-15,18H,9,16-17,19-20H2,1-2H3,(H2,28,31). The molecule has 5 heteroatoms. The van der Waals surface area contributed by atoms with Crippen molar-refractivity contribution in [1.82, 2.24) is 4.90 Å². The molecule has 0 saturated carbocycles. The van der Waals surface area contributed by atoms with Crippen molar-refractivity contribution >= 4 is 11.7 Å². The number of primary amides is 1. The van der Waals surface area contributed by atoms with Crippen LogP contribution in [-0.4, -0.2) is 38.2 Å². The van der Waals surface area contributed by atoms with E-state index < -0.39 is 6.03 Å². The SMILES string of the molecule is COc1cccc(N(CCCC2(c3ccccc3)CN(C)Cc3ccccc32)C(N)=O)c1. The van der Waals surface area contributed by atoms with Gasteiger partial charge in [-0.3, -0.25) is 4.90 Å². The number of likely N-dealkylation sites (N-methyl/N-ethyl adjacent to an activating group) is 1. The van der Waals surface area contributed by atoms with Gasteiger partial charge >= 0.3 is 6.03 Å². The summed E-state index contributed by atoms with van der Waals surface area (Å²) in [5.74, 6) is 0.706. The molecule has 2 amide bonds. The Kier molecular flexibility index (Phi) is 6.47. The molecule has 0 aromatic heterocycles. The lowest BCUT2D eigenvalue weighted by Gasteiger charge is -2.44. The first-order chi connectivity index (χ1) is 15.5. The molecular weight excluding hydrogens is 398 g/mol. The maximum atomic E-state index is 12.3. The number of hydrogen-bond donors (Lipinski definition) is 1. The number of benzene rings is 3. The predicted octanol–water partition coefficient (Wildman–Crippen LogP) is 4.79. The van der Waals surface area contributed by atoms with Crippen molar-refractivity contribution in [3.05, 3.63) is 95.6 Å². The van der Waals surface area contributed by atoms with Gasteiger partial charge in [0.25, 0.3) is 0 Å². The van der Waals surface area contributed by atoms with Crippen LogP contribution in [0.2, 0.25) is 0 Å². The van der Waals surface area contributed by atoms with Gasteiger partial charge in [-0.2, -0.15) is 0 Å². The van der Waals surface area contributed by atoms with E-state index in [9.17, 15) is 4.79 Å². The highest BCUT2D eigenvalue weighted by Crippen LogP contribution is 2.42. The molecule has 0 aliphatic carbocycles. The van der Waals surface area contributed by atoms with Gasteiger partial charge in [-0.25, -0.2) is 4.79 Å². The number of anilines is 1. The Morgan fingerprint density at radius 2 is 1.81 bits per heavy atom. The first kappa shape index (κ1) is 21.9. The second-order valence-electron chi connectivity index (χ2n) is 8.57. The Balaban J connectivity index is 1.64. The summed E-state index contributed by atoms with van der Waals surface area (Å²) in [5, 5.41) is 0. The highest BCUT2D eigenvalue weighted by molar-refractivity contribution is 5.90. The first-order valence-electron chi connectivity index (χ1n) is 11.1. The number of rotatable bonds is 7. The van der Waals surface area contributed by atoms with E-state index in [2.05, 4.69) is 66.5 Å². The normalized spacial score (nSPS) is 18.1. The van der Waals surface area contributed by atoms with Crippen LogP contribution in [-0.2, 0) is 12.0 Å². The Labute approximate surface area is 190 Å². The molecule has 2 N–H and O–H groups in total. The minimum Gasteiger partial charge on any atom is -0.497 e. The van der Waals surface area contributed by atoms with Crippen molar-refractivity contribution < 1.29 is 9.53 Å². The van der Waals surface area contributed by atoms with Crippen LogP contribution in [0.5, 0.6) is 5.75 Å². The van der Waals surface area contributed by atoms with Crippen LogP contribution in [0, 0.1) is 0 Å². The fourth-order valence-electron chi connectivity index (χ4n) is 5.06. The lowest BCUT2D eigenvalue weighted by Crippen LogP contribution is -2.45. The molecule has 4 rings (SSSR count). The Bertz CT molecular complexity index is 1070. The zero-order valence-electron chi connectivity index (χ0n) is 18.8. The Morgan fingerprint density at radius 3 is 2.56 bits per heavy atom. The number of urea groups is 1. The molecule has 5 nitrogen and oxygen atoms in total. The number of methoxy groups -OCH3 is 1. The maximum absolute atomic E-state index is 12.3. The second-order valence-corrected chi connectivity index (χ2v) is 8.57. The van der Waals surface area contributed by atoms with E-state index in [1.54, 1.807) is 12.0 Å². The van der Waals surface area contributed by atoms with E-state index in [0.29, 0.717) is 12.3 Å². The molecule has 3 aromatic carbocycles. The third-order valence-electron chi connectivity index (χ3n) is 6.46. The summed E-state index contributed by atoms with van der Waals surface area (Å²) in [6.07, 6.45) is 1.73.